The number of halogens is 4. The monoisotopic (exact) mass is 271 g/mol. The van der Waals surface area contributed by atoms with Crippen LogP contribution in [0.15, 0.2) is 29.1 Å². The maximum Gasteiger partial charge on any atom is 0.432 e. The molecular formula is C11H5F4N3O. The first-order valence-corrected chi connectivity index (χ1v) is 4.92. The van der Waals surface area contributed by atoms with Gasteiger partial charge in [-0.1, -0.05) is 0 Å². The molecule has 0 bridgehead atoms. The van der Waals surface area contributed by atoms with Gasteiger partial charge in [0.05, 0.1) is 11.6 Å². The van der Waals surface area contributed by atoms with Crippen LogP contribution < -0.4 is 5.56 Å². The molecule has 0 saturated carbocycles. The molecule has 98 valence electrons. The fraction of sp³-hybridized carbons (Fsp3) is 0.0909. The molecule has 1 aromatic heterocycles. The third-order valence-corrected chi connectivity index (χ3v) is 2.34. The first-order valence-electron chi connectivity index (χ1n) is 4.92. The molecule has 0 unspecified atom stereocenters. The summed E-state index contributed by atoms with van der Waals surface area (Å²) >= 11 is 0. The predicted octanol–water partition coefficient (Wildman–Crippen LogP) is 2.20. The van der Waals surface area contributed by atoms with Crippen molar-refractivity contribution in [3.63, 3.8) is 0 Å². The minimum atomic E-state index is -4.73. The molecule has 0 radical (unpaired) electrons. The Hall–Kier alpha value is -2.56. The summed E-state index contributed by atoms with van der Waals surface area (Å²) in [6, 6.07) is 5.07. The van der Waals surface area contributed by atoms with Gasteiger partial charge in [-0.25, -0.2) is 9.07 Å². The highest BCUT2D eigenvalue weighted by Crippen LogP contribution is 2.27. The minimum Gasteiger partial charge on any atom is -0.286 e. The fourth-order valence-electron chi connectivity index (χ4n) is 1.48. The van der Waals surface area contributed by atoms with Crippen LogP contribution in [0, 0.1) is 17.1 Å². The molecule has 2 aromatic rings. The Kier molecular flexibility index (Phi) is 2.90. The highest BCUT2D eigenvalue weighted by molar-refractivity contribution is 5.40. The third-order valence-electron chi connectivity index (χ3n) is 2.34. The first-order chi connectivity index (χ1) is 8.82. The number of alkyl halides is 3. The molecule has 0 amide bonds. The summed E-state index contributed by atoms with van der Waals surface area (Å²) in [5.41, 5.74) is -2.71. The van der Waals surface area contributed by atoms with Crippen molar-refractivity contribution in [2.24, 2.45) is 0 Å². The average Bonchev–Trinajstić information content (AvgIpc) is 2.71. The largest absolute Gasteiger partial charge is 0.432 e. The van der Waals surface area contributed by atoms with Crippen LogP contribution in [-0.4, -0.2) is 9.78 Å². The van der Waals surface area contributed by atoms with E-state index in [0.29, 0.717) is 10.7 Å². The molecule has 1 aromatic carbocycles. The number of aromatic amines is 1. The van der Waals surface area contributed by atoms with Crippen molar-refractivity contribution in [2.45, 2.75) is 6.18 Å². The van der Waals surface area contributed by atoms with Crippen LogP contribution in [0.2, 0.25) is 0 Å². The lowest BCUT2D eigenvalue weighted by molar-refractivity contribution is -0.141. The number of nitriles is 1. The Labute approximate surface area is 103 Å². The normalized spacial score (nSPS) is 11.3. The standard InChI is InChI=1S/C11H5F4N3O/c12-7-3-6(5-16)1-2-8(7)18-10(19)4-9(17-18)11(13,14)15/h1-4,17H. The molecule has 1 N–H and O–H groups in total. The summed E-state index contributed by atoms with van der Waals surface area (Å²) in [4.78, 5) is 11.4. The lowest BCUT2D eigenvalue weighted by Gasteiger charge is -2.05. The van der Waals surface area contributed by atoms with Crippen LogP contribution in [0.25, 0.3) is 5.69 Å². The summed E-state index contributed by atoms with van der Waals surface area (Å²) in [7, 11) is 0. The molecule has 0 saturated heterocycles. The van der Waals surface area contributed by atoms with Gasteiger partial charge in [0.15, 0.2) is 0 Å². The number of H-pyrrole nitrogens is 1. The quantitative estimate of drug-likeness (QED) is 0.808. The van der Waals surface area contributed by atoms with E-state index in [2.05, 4.69) is 0 Å². The lowest BCUT2D eigenvalue weighted by Crippen LogP contribution is -2.15. The molecular weight excluding hydrogens is 266 g/mol. The van der Waals surface area contributed by atoms with E-state index in [0.717, 1.165) is 12.1 Å². The van der Waals surface area contributed by atoms with E-state index in [9.17, 15) is 22.4 Å². The van der Waals surface area contributed by atoms with E-state index in [1.807, 2.05) is 0 Å². The van der Waals surface area contributed by atoms with Gasteiger partial charge in [0.1, 0.15) is 17.2 Å². The zero-order valence-corrected chi connectivity index (χ0v) is 9.12. The Morgan fingerprint density at radius 1 is 1.26 bits per heavy atom. The zero-order chi connectivity index (χ0) is 14.2. The molecule has 0 aliphatic heterocycles. The second-order valence-electron chi connectivity index (χ2n) is 3.62. The van der Waals surface area contributed by atoms with Crippen LogP contribution in [0.5, 0.6) is 0 Å². The lowest BCUT2D eigenvalue weighted by atomic mass is 10.2. The van der Waals surface area contributed by atoms with Gasteiger partial charge in [0, 0.05) is 6.07 Å². The van der Waals surface area contributed by atoms with E-state index in [1.165, 1.54) is 6.07 Å². The average molecular weight is 271 g/mol. The molecule has 2 rings (SSSR count). The predicted molar refractivity (Wildman–Crippen MR) is 56.1 cm³/mol. The van der Waals surface area contributed by atoms with Crippen LogP contribution in [0.3, 0.4) is 0 Å². The van der Waals surface area contributed by atoms with Gasteiger partial charge >= 0.3 is 6.18 Å². The number of rotatable bonds is 1. The number of nitrogens with zero attached hydrogens (tertiary/aromatic N) is 2. The number of hydrogen-bond acceptors (Lipinski definition) is 2. The van der Waals surface area contributed by atoms with Gasteiger partial charge < -0.3 is 0 Å². The van der Waals surface area contributed by atoms with E-state index in [1.54, 1.807) is 11.2 Å². The van der Waals surface area contributed by atoms with Crippen LogP contribution in [0.1, 0.15) is 11.3 Å². The van der Waals surface area contributed by atoms with Crippen molar-refractivity contribution in [3.8, 4) is 11.8 Å². The van der Waals surface area contributed by atoms with Crippen molar-refractivity contribution >= 4 is 0 Å². The number of hydrogen-bond donors (Lipinski definition) is 1. The van der Waals surface area contributed by atoms with Gasteiger partial charge in [-0.05, 0) is 18.2 Å². The molecule has 0 aliphatic carbocycles. The van der Waals surface area contributed by atoms with Crippen LogP contribution in [-0.2, 0) is 6.18 Å². The van der Waals surface area contributed by atoms with Gasteiger partial charge in [-0.2, -0.15) is 18.4 Å². The highest BCUT2D eigenvalue weighted by Gasteiger charge is 2.33. The highest BCUT2D eigenvalue weighted by atomic mass is 19.4. The minimum absolute atomic E-state index is 0.00287. The maximum atomic E-state index is 13.6. The van der Waals surface area contributed by atoms with Gasteiger partial charge in [0.25, 0.3) is 5.56 Å². The molecule has 8 heteroatoms. The maximum absolute atomic E-state index is 13.6. The summed E-state index contributed by atoms with van der Waals surface area (Å²) < 4.78 is 51.2. The second-order valence-corrected chi connectivity index (χ2v) is 3.62. The smallest absolute Gasteiger partial charge is 0.286 e. The summed E-state index contributed by atoms with van der Waals surface area (Å²) in [5, 5.41) is 10.3. The van der Waals surface area contributed by atoms with Crippen molar-refractivity contribution < 1.29 is 17.6 Å². The Morgan fingerprint density at radius 2 is 1.95 bits per heavy atom. The van der Waals surface area contributed by atoms with Gasteiger partial charge in [-0.15, -0.1) is 0 Å². The van der Waals surface area contributed by atoms with Crippen LogP contribution in [0.4, 0.5) is 17.6 Å². The van der Waals surface area contributed by atoms with Gasteiger partial charge in [0.2, 0.25) is 0 Å². The molecule has 0 atom stereocenters. The van der Waals surface area contributed by atoms with Crippen LogP contribution >= 0.6 is 0 Å². The molecule has 1 heterocycles. The van der Waals surface area contributed by atoms with E-state index < -0.39 is 23.2 Å². The third kappa shape index (κ3) is 2.35. The number of aromatic nitrogens is 2. The van der Waals surface area contributed by atoms with Crippen molar-refractivity contribution in [1.82, 2.24) is 9.78 Å². The molecule has 0 spiro atoms. The SMILES string of the molecule is N#Cc1ccc(-n2[nH]c(C(F)(F)F)cc2=O)c(F)c1. The van der Waals surface area contributed by atoms with Crippen molar-refractivity contribution in [1.29, 1.82) is 5.26 Å². The van der Waals surface area contributed by atoms with Gasteiger partial charge in [-0.3, -0.25) is 9.89 Å². The first kappa shape index (κ1) is 12.9. The summed E-state index contributed by atoms with van der Waals surface area (Å²) in [5.74, 6) is -0.975. The fourth-order valence-corrected chi connectivity index (χ4v) is 1.48. The molecule has 19 heavy (non-hydrogen) atoms. The molecule has 4 nitrogen and oxygen atoms in total. The summed E-state index contributed by atoms with van der Waals surface area (Å²) in [6.07, 6.45) is -4.73. The zero-order valence-electron chi connectivity index (χ0n) is 9.12. The topological polar surface area (TPSA) is 61.6 Å². The van der Waals surface area contributed by atoms with E-state index >= 15 is 0 Å². The van der Waals surface area contributed by atoms with Crippen molar-refractivity contribution in [2.75, 3.05) is 0 Å². The van der Waals surface area contributed by atoms with Crippen molar-refractivity contribution in [3.05, 3.63) is 51.7 Å². The Bertz CT molecular complexity index is 721. The Balaban J connectivity index is 2.58. The second kappa shape index (κ2) is 4.28. The molecule has 0 fully saturated rings. The van der Waals surface area contributed by atoms with E-state index in [4.69, 9.17) is 5.26 Å². The number of benzene rings is 1. The summed E-state index contributed by atoms with van der Waals surface area (Å²) in [6.45, 7) is 0. The Morgan fingerprint density at radius 3 is 2.42 bits per heavy atom. The molecule has 0 aliphatic rings. The number of nitrogens with one attached hydrogen (secondary N) is 1. The van der Waals surface area contributed by atoms with E-state index in [-0.39, 0.29) is 11.3 Å².